The van der Waals surface area contributed by atoms with Crippen molar-refractivity contribution in [3.8, 4) is 5.69 Å². The summed E-state index contributed by atoms with van der Waals surface area (Å²) in [5, 5.41) is 12.0. The number of rotatable bonds is 4. The zero-order valence-corrected chi connectivity index (χ0v) is 11.9. The topological polar surface area (TPSA) is 54.3 Å². The molecule has 22 heavy (non-hydrogen) atoms. The molecule has 0 aliphatic heterocycles. The van der Waals surface area contributed by atoms with Gasteiger partial charge in [-0.2, -0.15) is 0 Å². The van der Waals surface area contributed by atoms with E-state index in [0.717, 1.165) is 11.3 Å². The highest BCUT2D eigenvalue weighted by Gasteiger charge is 2.07. The second kappa shape index (κ2) is 6.28. The molecule has 2 aromatic carbocycles. The summed E-state index contributed by atoms with van der Waals surface area (Å²) in [5.74, 6) is -0.177. The Kier molecular flexibility index (Phi) is 4.03. The van der Waals surface area contributed by atoms with Crippen LogP contribution in [0.4, 0.5) is 5.69 Å². The summed E-state index contributed by atoms with van der Waals surface area (Å²) in [7, 11) is 0. The number of benzene rings is 2. The molecule has 0 unspecified atom stereocenters. The number of carbonyl (C=O) groups excluding carboxylic acids is 1. The number of nitrogens with zero attached hydrogens (tertiary/aromatic N) is 1. The van der Waals surface area contributed by atoms with E-state index < -0.39 is 0 Å². The second-order valence-electron chi connectivity index (χ2n) is 4.95. The van der Waals surface area contributed by atoms with E-state index in [0.29, 0.717) is 11.3 Å². The standard InChI is InChI=1S/C18H16N2O2/c21-13-14-5-3-7-16(11-14)19-18(22)15-6-4-8-17(12-15)20-9-1-2-10-20/h1-12,21H,13H2,(H,19,22). The maximum Gasteiger partial charge on any atom is 0.255 e. The third-order valence-corrected chi connectivity index (χ3v) is 3.38. The largest absolute Gasteiger partial charge is 0.392 e. The number of hydrogen-bond acceptors (Lipinski definition) is 2. The molecule has 0 saturated carbocycles. The van der Waals surface area contributed by atoms with Gasteiger partial charge in [0.25, 0.3) is 5.91 Å². The number of aliphatic hydroxyl groups is 1. The summed E-state index contributed by atoms with van der Waals surface area (Å²) >= 11 is 0. The van der Waals surface area contributed by atoms with E-state index in [4.69, 9.17) is 5.11 Å². The Balaban J connectivity index is 1.81. The van der Waals surface area contributed by atoms with Gasteiger partial charge in [0, 0.05) is 29.3 Å². The van der Waals surface area contributed by atoms with Gasteiger partial charge in [-0.15, -0.1) is 0 Å². The maximum atomic E-state index is 12.4. The highest BCUT2D eigenvalue weighted by atomic mass is 16.3. The van der Waals surface area contributed by atoms with Gasteiger partial charge in [0.2, 0.25) is 0 Å². The van der Waals surface area contributed by atoms with Crippen LogP contribution in [-0.4, -0.2) is 15.6 Å². The van der Waals surface area contributed by atoms with Crippen LogP contribution in [0.1, 0.15) is 15.9 Å². The monoisotopic (exact) mass is 292 g/mol. The van der Waals surface area contributed by atoms with Gasteiger partial charge in [-0.3, -0.25) is 4.79 Å². The summed E-state index contributed by atoms with van der Waals surface area (Å²) < 4.78 is 1.95. The Morgan fingerprint density at radius 1 is 1.00 bits per heavy atom. The van der Waals surface area contributed by atoms with Crippen LogP contribution in [0.5, 0.6) is 0 Å². The van der Waals surface area contributed by atoms with Crippen LogP contribution in [0.25, 0.3) is 5.69 Å². The molecular weight excluding hydrogens is 276 g/mol. The fourth-order valence-electron chi connectivity index (χ4n) is 2.27. The summed E-state index contributed by atoms with van der Waals surface area (Å²) in [5.41, 5.74) is 2.95. The summed E-state index contributed by atoms with van der Waals surface area (Å²) in [6.07, 6.45) is 3.86. The molecule has 1 amide bonds. The van der Waals surface area contributed by atoms with Crippen LogP contribution < -0.4 is 5.32 Å². The van der Waals surface area contributed by atoms with E-state index in [2.05, 4.69) is 5.32 Å². The predicted octanol–water partition coefficient (Wildman–Crippen LogP) is 3.22. The first kappa shape index (κ1) is 14.1. The molecule has 0 aliphatic carbocycles. The van der Waals surface area contributed by atoms with Crippen molar-refractivity contribution in [3.05, 3.63) is 84.2 Å². The van der Waals surface area contributed by atoms with E-state index in [-0.39, 0.29) is 12.5 Å². The quantitative estimate of drug-likeness (QED) is 0.775. The SMILES string of the molecule is O=C(Nc1cccc(CO)c1)c1cccc(-n2cccc2)c1. The lowest BCUT2D eigenvalue weighted by Crippen LogP contribution is -2.12. The molecular formula is C18H16N2O2. The van der Waals surface area contributed by atoms with Gasteiger partial charge in [0.15, 0.2) is 0 Å². The minimum absolute atomic E-state index is 0.0488. The Morgan fingerprint density at radius 2 is 1.77 bits per heavy atom. The molecule has 0 radical (unpaired) electrons. The van der Waals surface area contributed by atoms with Crippen LogP contribution in [0.3, 0.4) is 0 Å². The molecule has 0 atom stereocenters. The maximum absolute atomic E-state index is 12.4. The number of nitrogens with one attached hydrogen (secondary N) is 1. The van der Waals surface area contributed by atoms with E-state index >= 15 is 0 Å². The molecule has 0 saturated heterocycles. The van der Waals surface area contributed by atoms with Crippen molar-refractivity contribution in [2.45, 2.75) is 6.61 Å². The lowest BCUT2D eigenvalue weighted by Gasteiger charge is -2.08. The number of carbonyl (C=O) groups is 1. The van der Waals surface area contributed by atoms with E-state index in [1.807, 2.05) is 53.4 Å². The molecule has 4 heteroatoms. The zero-order chi connectivity index (χ0) is 15.4. The fourth-order valence-corrected chi connectivity index (χ4v) is 2.27. The van der Waals surface area contributed by atoms with Crippen molar-refractivity contribution in [3.63, 3.8) is 0 Å². The summed E-state index contributed by atoms with van der Waals surface area (Å²) in [6, 6.07) is 18.5. The van der Waals surface area contributed by atoms with E-state index in [9.17, 15) is 4.79 Å². The van der Waals surface area contributed by atoms with Crippen LogP contribution >= 0.6 is 0 Å². The second-order valence-corrected chi connectivity index (χ2v) is 4.95. The van der Waals surface area contributed by atoms with Gasteiger partial charge in [-0.05, 0) is 48.0 Å². The van der Waals surface area contributed by atoms with E-state index in [1.165, 1.54) is 0 Å². The van der Waals surface area contributed by atoms with Crippen LogP contribution in [0.15, 0.2) is 73.1 Å². The minimum atomic E-state index is -0.177. The Morgan fingerprint density at radius 3 is 2.55 bits per heavy atom. The van der Waals surface area contributed by atoms with Gasteiger partial charge >= 0.3 is 0 Å². The van der Waals surface area contributed by atoms with Gasteiger partial charge in [-0.25, -0.2) is 0 Å². The third-order valence-electron chi connectivity index (χ3n) is 3.38. The first-order valence-electron chi connectivity index (χ1n) is 7.01. The smallest absolute Gasteiger partial charge is 0.255 e. The number of amides is 1. The Labute approximate surface area is 128 Å². The fraction of sp³-hybridized carbons (Fsp3) is 0.0556. The summed E-state index contributed by atoms with van der Waals surface area (Å²) in [4.78, 5) is 12.4. The third kappa shape index (κ3) is 3.07. The molecule has 3 rings (SSSR count). The highest BCUT2D eigenvalue weighted by molar-refractivity contribution is 6.04. The highest BCUT2D eigenvalue weighted by Crippen LogP contribution is 2.15. The predicted molar refractivity (Wildman–Crippen MR) is 86.1 cm³/mol. The lowest BCUT2D eigenvalue weighted by molar-refractivity contribution is 0.102. The molecule has 1 heterocycles. The molecule has 1 aromatic heterocycles. The van der Waals surface area contributed by atoms with Gasteiger partial charge < -0.3 is 15.0 Å². The number of hydrogen-bond donors (Lipinski definition) is 2. The summed E-state index contributed by atoms with van der Waals surface area (Å²) in [6.45, 7) is -0.0488. The van der Waals surface area contributed by atoms with Crippen molar-refractivity contribution in [2.24, 2.45) is 0 Å². The van der Waals surface area contributed by atoms with Crippen molar-refractivity contribution in [1.82, 2.24) is 4.57 Å². The lowest BCUT2D eigenvalue weighted by atomic mass is 10.1. The molecule has 0 fully saturated rings. The van der Waals surface area contributed by atoms with Crippen molar-refractivity contribution >= 4 is 11.6 Å². The molecule has 4 nitrogen and oxygen atoms in total. The first-order chi connectivity index (χ1) is 10.8. The Hall–Kier alpha value is -2.85. The molecule has 2 N–H and O–H groups in total. The molecule has 3 aromatic rings. The van der Waals surface area contributed by atoms with Crippen LogP contribution in [0.2, 0.25) is 0 Å². The van der Waals surface area contributed by atoms with Gasteiger partial charge in [0.05, 0.1) is 6.61 Å². The first-order valence-corrected chi connectivity index (χ1v) is 7.01. The van der Waals surface area contributed by atoms with Crippen LogP contribution in [-0.2, 0) is 6.61 Å². The normalized spacial score (nSPS) is 10.4. The molecule has 0 aliphatic rings. The van der Waals surface area contributed by atoms with Gasteiger partial charge in [0.1, 0.15) is 0 Å². The van der Waals surface area contributed by atoms with Crippen LogP contribution in [0, 0.1) is 0 Å². The Bertz CT molecular complexity index is 779. The minimum Gasteiger partial charge on any atom is -0.392 e. The average Bonchev–Trinajstić information content (AvgIpc) is 3.09. The molecule has 0 spiro atoms. The number of aliphatic hydroxyl groups excluding tert-OH is 1. The average molecular weight is 292 g/mol. The molecule has 110 valence electrons. The van der Waals surface area contributed by atoms with Crippen molar-refractivity contribution in [2.75, 3.05) is 5.32 Å². The van der Waals surface area contributed by atoms with E-state index in [1.54, 1.807) is 24.3 Å². The number of aromatic nitrogens is 1. The van der Waals surface area contributed by atoms with Crippen molar-refractivity contribution < 1.29 is 9.90 Å². The zero-order valence-electron chi connectivity index (χ0n) is 11.9. The van der Waals surface area contributed by atoms with Crippen molar-refractivity contribution in [1.29, 1.82) is 0 Å². The van der Waals surface area contributed by atoms with Gasteiger partial charge in [-0.1, -0.05) is 18.2 Å². The molecule has 0 bridgehead atoms. The number of anilines is 1.